The number of benzene rings is 1. The molecule has 0 saturated carbocycles. The average molecular weight is 487 g/mol. The second-order valence-corrected chi connectivity index (χ2v) is 9.15. The van der Waals surface area contributed by atoms with Crippen molar-refractivity contribution in [3.63, 3.8) is 0 Å². The Kier molecular flexibility index (Phi) is 7.41. The van der Waals surface area contributed by atoms with E-state index in [-0.39, 0.29) is 12.3 Å². The second kappa shape index (κ2) is 10.6. The van der Waals surface area contributed by atoms with E-state index >= 15 is 0 Å². The number of hydrogen-bond acceptors (Lipinski definition) is 6. The van der Waals surface area contributed by atoms with E-state index in [4.69, 9.17) is 16.3 Å². The molecular weight excluding hydrogens is 464 g/mol. The van der Waals surface area contributed by atoms with Crippen molar-refractivity contribution in [2.75, 3.05) is 17.2 Å². The van der Waals surface area contributed by atoms with Crippen LogP contribution in [0.15, 0.2) is 42.7 Å². The van der Waals surface area contributed by atoms with Gasteiger partial charge in [-0.2, -0.15) is 5.10 Å². The van der Waals surface area contributed by atoms with Gasteiger partial charge in [-0.15, -0.1) is 11.3 Å². The number of esters is 1. The van der Waals surface area contributed by atoms with Gasteiger partial charge in [0, 0.05) is 28.0 Å². The fourth-order valence-corrected chi connectivity index (χ4v) is 5.07. The van der Waals surface area contributed by atoms with E-state index in [2.05, 4.69) is 15.7 Å². The first-order valence-corrected chi connectivity index (χ1v) is 11.8. The zero-order chi connectivity index (χ0) is 23.2. The Labute approximate surface area is 199 Å². The molecule has 0 fully saturated rings. The van der Waals surface area contributed by atoms with E-state index in [9.17, 15) is 14.4 Å². The van der Waals surface area contributed by atoms with Gasteiger partial charge >= 0.3 is 5.97 Å². The highest BCUT2D eigenvalue weighted by Gasteiger charge is 2.26. The van der Waals surface area contributed by atoms with E-state index in [1.807, 2.05) is 0 Å². The SMILES string of the molecule is O=C(COC(=O)CCn1cccn1)Nc1sc2c(c1C(=O)Nc1ccc(Cl)cc1)CCCC2. The normalized spacial score (nSPS) is 12.6. The Morgan fingerprint density at radius 1 is 1.12 bits per heavy atom. The van der Waals surface area contributed by atoms with Crippen molar-refractivity contribution in [3.8, 4) is 0 Å². The van der Waals surface area contributed by atoms with Crippen LogP contribution in [-0.4, -0.2) is 34.2 Å². The molecule has 33 heavy (non-hydrogen) atoms. The number of ether oxygens (including phenoxy) is 1. The molecule has 0 spiro atoms. The highest BCUT2D eigenvalue weighted by Crippen LogP contribution is 2.38. The number of rotatable bonds is 8. The number of carbonyl (C=O) groups is 3. The molecule has 0 atom stereocenters. The zero-order valence-electron chi connectivity index (χ0n) is 17.8. The molecule has 2 aromatic heterocycles. The summed E-state index contributed by atoms with van der Waals surface area (Å²) in [6.07, 6.45) is 7.18. The molecule has 0 aliphatic heterocycles. The maximum absolute atomic E-state index is 13.1. The highest BCUT2D eigenvalue weighted by atomic mass is 35.5. The third-order valence-corrected chi connectivity index (χ3v) is 6.68. The first-order valence-electron chi connectivity index (χ1n) is 10.6. The average Bonchev–Trinajstić information content (AvgIpc) is 3.45. The molecule has 4 rings (SSSR count). The smallest absolute Gasteiger partial charge is 0.308 e. The third-order valence-electron chi connectivity index (χ3n) is 5.22. The lowest BCUT2D eigenvalue weighted by Gasteiger charge is -2.13. The van der Waals surface area contributed by atoms with Gasteiger partial charge in [-0.1, -0.05) is 11.6 Å². The topological polar surface area (TPSA) is 102 Å². The van der Waals surface area contributed by atoms with Crippen molar-refractivity contribution >= 4 is 51.4 Å². The molecule has 3 aromatic rings. The predicted octanol–water partition coefficient (Wildman–Crippen LogP) is 4.30. The number of fused-ring (bicyclic) bond motifs is 1. The summed E-state index contributed by atoms with van der Waals surface area (Å²) in [6.45, 7) is -0.0428. The summed E-state index contributed by atoms with van der Waals surface area (Å²) in [6, 6.07) is 8.60. The fourth-order valence-electron chi connectivity index (χ4n) is 3.64. The number of carbonyl (C=O) groups excluding carboxylic acids is 3. The summed E-state index contributed by atoms with van der Waals surface area (Å²) in [5.41, 5.74) is 2.07. The summed E-state index contributed by atoms with van der Waals surface area (Å²) in [7, 11) is 0. The number of anilines is 2. The number of aromatic nitrogens is 2. The molecule has 1 aliphatic rings. The van der Waals surface area contributed by atoms with E-state index in [0.717, 1.165) is 36.1 Å². The molecule has 0 unspecified atom stereocenters. The summed E-state index contributed by atoms with van der Waals surface area (Å²) < 4.78 is 6.70. The Morgan fingerprint density at radius 3 is 2.67 bits per heavy atom. The molecule has 0 bridgehead atoms. The van der Waals surface area contributed by atoms with Gasteiger partial charge < -0.3 is 15.4 Å². The molecule has 1 aliphatic carbocycles. The van der Waals surface area contributed by atoms with E-state index < -0.39 is 18.5 Å². The van der Waals surface area contributed by atoms with Gasteiger partial charge in [0.05, 0.1) is 18.5 Å². The number of hydrogen-bond donors (Lipinski definition) is 2. The van der Waals surface area contributed by atoms with Crippen LogP contribution in [0.2, 0.25) is 5.02 Å². The Morgan fingerprint density at radius 2 is 1.91 bits per heavy atom. The maximum atomic E-state index is 13.1. The quantitative estimate of drug-likeness (QED) is 0.462. The standard InChI is InChI=1S/C23H23ClN4O4S/c24-15-6-8-16(9-7-15)26-22(31)21-17-4-1-2-5-18(17)33-23(21)27-19(29)14-32-20(30)10-13-28-12-3-11-25-28/h3,6-9,11-12H,1-2,4-5,10,13-14H2,(H,26,31)(H,27,29). The summed E-state index contributed by atoms with van der Waals surface area (Å²) in [5.74, 6) is -1.27. The Bertz CT molecular complexity index is 1140. The summed E-state index contributed by atoms with van der Waals surface area (Å²) >= 11 is 7.33. The number of amides is 2. The van der Waals surface area contributed by atoms with E-state index in [0.29, 0.717) is 27.8 Å². The fraction of sp³-hybridized carbons (Fsp3) is 0.304. The van der Waals surface area contributed by atoms with Crippen molar-refractivity contribution in [2.24, 2.45) is 0 Å². The monoisotopic (exact) mass is 486 g/mol. The van der Waals surface area contributed by atoms with Gasteiger partial charge in [-0.3, -0.25) is 19.1 Å². The number of nitrogens with zero attached hydrogens (tertiary/aromatic N) is 2. The molecule has 0 radical (unpaired) electrons. The van der Waals surface area contributed by atoms with Crippen LogP contribution in [-0.2, 0) is 33.7 Å². The number of thiophene rings is 1. The molecule has 2 N–H and O–H groups in total. The van der Waals surface area contributed by atoms with Gasteiger partial charge in [-0.05, 0) is 61.6 Å². The van der Waals surface area contributed by atoms with Gasteiger partial charge in [0.1, 0.15) is 5.00 Å². The second-order valence-electron chi connectivity index (χ2n) is 7.60. The third kappa shape index (κ3) is 6.00. The largest absolute Gasteiger partial charge is 0.456 e. The minimum absolute atomic E-state index is 0.108. The summed E-state index contributed by atoms with van der Waals surface area (Å²) in [4.78, 5) is 38.7. The lowest BCUT2D eigenvalue weighted by atomic mass is 9.95. The Balaban J connectivity index is 1.40. The maximum Gasteiger partial charge on any atom is 0.308 e. The number of aryl methyl sites for hydroxylation is 2. The highest BCUT2D eigenvalue weighted by molar-refractivity contribution is 7.17. The predicted molar refractivity (Wildman–Crippen MR) is 127 cm³/mol. The van der Waals surface area contributed by atoms with Gasteiger partial charge in [-0.25, -0.2) is 0 Å². The Hall–Kier alpha value is -3.17. The minimum Gasteiger partial charge on any atom is -0.456 e. The van der Waals surface area contributed by atoms with Gasteiger partial charge in [0.2, 0.25) is 0 Å². The van der Waals surface area contributed by atoms with E-state index in [1.54, 1.807) is 47.4 Å². The molecule has 1 aromatic carbocycles. The molecule has 2 heterocycles. The first kappa shape index (κ1) is 23.0. The molecule has 172 valence electrons. The van der Waals surface area contributed by atoms with Crippen molar-refractivity contribution in [2.45, 2.75) is 38.6 Å². The van der Waals surface area contributed by atoms with Crippen LogP contribution in [0.25, 0.3) is 0 Å². The zero-order valence-corrected chi connectivity index (χ0v) is 19.4. The van der Waals surface area contributed by atoms with Crippen molar-refractivity contribution < 1.29 is 19.1 Å². The molecular formula is C23H23ClN4O4S. The van der Waals surface area contributed by atoms with Crippen molar-refractivity contribution in [1.29, 1.82) is 0 Å². The van der Waals surface area contributed by atoms with Crippen LogP contribution >= 0.6 is 22.9 Å². The lowest BCUT2D eigenvalue weighted by molar-refractivity contribution is -0.147. The molecule has 8 nitrogen and oxygen atoms in total. The minimum atomic E-state index is -0.494. The van der Waals surface area contributed by atoms with Crippen LogP contribution in [0, 0.1) is 0 Å². The first-order chi connectivity index (χ1) is 16.0. The van der Waals surface area contributed by atoms with Crippen LogP contribution < -0.4 is 10.6 Å². The van der Waals surface area contributed by atoms with Crippen LogP contribution in [0.4, 0.5) is 10.7 Å². The molecule has 0 saturated heterocycles. The number of nitrogens with one attached hydrogen (secondary N) is 2. The molecule has 10 heteroatoms. The van der Waals surface area contributed by atoms with Gasteiger partial charge in [0.25, 0.3) is 11.8 Å². The van der Waals surface area contributed by atoms with Crippen LogP contribution in [0.5, 0.6) is 0 Å². The van der Waals surface area contributed by atoms with E-state index in [1.165, 1.54) is 11.3 Å². The molecule has 2 amide bonds. The van der Waals surface area contributed by atoms with Gasteiger partial charge in [0.15, 0.2) is 6.61 Å². The number of halogens is 1. The van der Waals surface area contributed by atoms with Crippen LogP contribution in [0.1, 0.15) is 40.1 Å². The van der Waals surface area contributed by atoms with Crippen LogP contribution in [0.3, 0.4) is 0 Å². The van der Waals surface area contributed by atoms with Crippen molar-refractivity contribution in [3.05, 3.63) is 63.8 Å². The summed E-state index contributed by atoms with van der Waals surface area (Å²) in [5, 5.41) is 10.7. The van der Waals surface area contributed by atoms with Crippen molar-refractivity contribution in [1.82, 2.24) is 9.78 Å². The lowest BCUT2D eigenvalue weighted by Crippen LogP contribution is -2.23.